The molecule has 0 aliphatic carbocycles. The normalized spacial score (nSPS) is 23.3. The van der Waals surface area contributed by atoms with Crippen LogP contribution in [0.3, 0.4) is 0 Å². The van der Waals surface area contributed by atoms with Crippen LogP contribution < -0.4 is 4.90 Å². The van der Waals surface area contributed by atoms with Gasteiger partial charge in [-0.25, -0.2) is 9.37 Å². The predicted octanol–water partition coefficient (Wildman–Crippen LogP) is 2.64. The molecular weight excluding hydrogens is 243 g/mol. The van der Waals surface area contributed by atoms with Gasteiger partial charge in [-0.15, -0.1) is 0 Å². The largest absolute Gasteiger partial charge is 0.388 e. The van der Waals surface area contributed by atoms with E-state index in [9.17, 15) is 9.50 Å². The molecule has 1 atom stereocenters. The molecule has 1 saturated heterocycles. The Balaban J connectivity index is 2.16. The molecule has 3 nitrogen and oxygen atoms in total. The van der Waals surface area contributed by atoms with Crippen molar-refractivity contribution in [1.29, 1.82) is 0 Å². The van der Waals surface area contributed by atoms with E-state index < -0.39 is 5.60 Å². The lowest BCUT2D eigenvalue weighted by molar-refractivity contribution is 0.0839. The molecule has 1 fully saturated rings. The predicted molar refractivity (Wildman–Crippen MR) is 73.9 cm³/mol. The number of nitrogens with zero attached hydrogens (tertiary/aromatic N) is 2. The maximum Gasteiger partial charge on any atom is 0.149 e. The summed E-state index contributed by atoms with van der Waals surface area (Å²) in [6, 6.07) is 6.97. The average Bonchev–Trinajstić information content (AvgIpc) is 2.70. The summed E-state index contributed by atoms with van der Waals surface area (Å²) in [4.78, 5) is 6.39. The van der Waals surface area contributed by atoms with Gasteiger partial charge in [-0.2, -0.15) is 0 Å². The molecule has 1 aliphatic heterocycles. The highest BCUT2D eigenvalue weighted by atomic mass is 19.1. The number of halogens is 1. The zero-order valence-corrected chi connectivity index (χ0v) is 11.2. The molecular formula is C15H17FN2O. The summed E-state index contributed by atoms with van der Waals surface area (Å²) >= 11 is 0. The van der Waals surface area contributed by atoms with E-state index in [1.807, 2.05) is 26.0 Å². The molecule has 1 unspecified atom stereocenters. The number of pyridine rings is 1. The molecule has 100 valence electrons. The number of anilines is 1. The Kier molecular flexibility index (Phi) is 2.71. The van der Waals surface area contributed by atoms with E-state index in [0.29, 0.717) is 12.1 Å². The molecule has 0 bridgehead atoms. The molecule has 0 saturated carbocycles. The molecule has 2 aromatic rings. The lowest BCUT2D eigenvalue weighted by Crippen LogP contribution is -2.29. The van der Waals surface area contributed by atoms with Gasteiger partial charge < -0.3 is 10.0 Å². The Labute approximate surface area is 111 Å². The van der Waals surface area contributed by atoms with E-state index in [4.69, 9.17) is 0 Å². The first-order valence-corrected chi connectivity index (χ1v) is 6.49. The third-order valence-electron chi connectivity index (χ3n) is 3.69. The molecule has 19 heavy (non-hydrogen) atoms. The van der Waals surface area contributed by atoms with Crippen molar-refractivity contribution in [2.24, 2.45) is 0 Å². The fourth-order valence-electron chi connectivity index (χ4n) is 2.73. The van der Waals surface area contributed by atoms with Crippen LogP contribution in [0.5, 0.6) is 0 Å². The zero-order valence-electron chi connectivity index (χ0n) is 11.2. The van der Waals surface area contributed by atoms with E-state index >= 15 is 0 Å². The van der Waals surface area contributed by atoms with Crippen molar-refractivity contribution >= 4 is 16.6 Å². The summed E-state index contributed by atoms with van der Waals surface area (Å²) in [6.45, 7) is 5.05. The number of hydrogen-bond acceptors (Lipinski definition) is 3. The van der Waals surface area contributed by atoms with Gasteiger partial charge >= 0.3 is 0 Å². The molecule has 1 aromatic heterocycles. The fourth-order valence-corrected chi connectivity index (χ4v) is 2.73. The second-order valence-electron chi connectivity index (χ2n) is 5.59. The summed E-state index contributed by atoms with van der Waals surface area (Å²) < 4.78 is 13.9. The number of fused-ring (bicyclic) bond motifs is 1. The Morgan fingerprint density at radius 2 is 2.21 bits per heavy atom. The SMILES string of the molecule is Cc1cc(N2CCC(C)(O)C2)c2cccc(F)c2n1. The molecule has 4 heteroatoms. The van der Waals surface area contributed by atoms with E-state index in [-0.39, 0.29) is 5.82 Å². The summed E-state index contributed by atoms with van der Waals surface area (Å²) in [5.41, 5.74) is 1.49. The van der Waals surface area contributed by atoms with Gasteiger partial charge in [0.1, 0.15) is 11.3 Å². The third-order valence-corrected chi connectivity index (χ3v) is 3.69. The van der Waals surface area contributed by atoms with E-state index in [1.165, 1.54) is 6.07 Å². The highest BCUT2D eigenvalue weighted by Gasteiger charge is 2.32. The number of benzene rings is 1. The van der Waals surface area contributed by atoms with Crippen LogP contribution in [0.15, 0.2) is 24.3 Å². The Morgan fingerprint density at radius 3 is 2.89 bits per heavy atom. The highest BCUT2D eigenvalue weighted by Crippen LogP contribution is 2.33. The van der Waals surface area contributed by atoms with Gasteiger partial charge in [0.05, 0.1) is 5.60 Å². The lowest BCUT2D eigenvalue weighted by Gasteiger charge is -2.22. The van der Waals surface area contributed by atoms with Crippen LogP contribution in [0.2, 0.25) is 0 Å². The topological polar surface area (TPSA) is 36.4 Å². The lowest BCUT2D eigenvalue weighted by atomic mass is 10.1. The minimum Gasteiger partial charge on any atom is -0.388 e. The molecule has 2 heterocycles. The van der Waals surface area contributed by atoms with Gasteiger partial charge in [-0.05, 0) is 32.4 Å². The minimum absolute atomic E-state index is 0.298. The van der Waals surface area contributed by atoms with Gasteiger partial charge in [0.2, 0.25) is 0 Å². The van der Waals surface area contributed by atoms with Crippen molar-refractivity contribution in [1.82, 2.24) is 4.98 Å². The van der Waals surface area contributed by atoms with E-state index in [2.05, 4.69) is 9.88 Å². The number of para-hydroxylation sites is 1. The van der Waals surface area contributed by atoms with Gasteiger partial charge in [0, 0.05) is 29.9 Å². The smallest absolute Gasteiger partial charge is 0.149 e. The van der Waals surface area contributed by atoms with Crippen LogP contribution in [0.1, 0.15) is 19.0 Å². The van der Waals surface area contributed by atoms with Gasteiger partial charge in [0.25, 0.3) is 0 Å². The van der Waals surface area contributed by atoms with Gasteiger partial charge in [-0.3, -0.25) is 0 Å². The number of rotatable bonds is 1. The molecule has 1 aromatic carbocycles. The summed E-state index contributed by atoms with van der Waals surface area (Å²) in [7, 11) is 0. The number of aryl methyl sites for hydroxylation is 1. The Morgan fingerprint density at radius 1 is 1.42 bits per heavy atom. The van der Waals surface area contributed by atoms with Gasteiger partial charge in [-0.1, -0.05) is 12.1 Å². The number of hydrogen-bond donors (Lipinski definition) is 1. The molecule has 3 rings (SSSR count). The average molecular weight is 260 g/mol. The standard InChI is InChI=1S/C15H17FN2O/c1-10-8-13(18-7-6-15(2,19)9-18)11-4-3-5-12(16)14(11)17-10/h3-5,8,19H,6-7,9H2,1-2H3. The first kappa shape index (κ1) is 12.4. The number of β-amino-alcohol motifs (C(OH)–C–C–N with tert-alkyl or cyclic N) is 1. The summed E-state index contributed by atoms with van der Waals surface area (Å²) in [5, 5.41) is 10.9. The minimum atomic E-state index is -0.670. The quantitative estimate of drug-likeness (QED) is 0.856. The molecule has 0 amide bonds. The van der Waals surface area contributed by atoms with Crippen molar-refractivity contribution in [3.8, 4) is 0 Å². The number of aliphatic hydroxyl groups is 1. The third kappa shape index (κ3) is 2.16. The maximum absolute atomic E-state index is 13.9. The molecule has 0 radical (unpaired) electrons. The Bertz CT molecular complexity index is 639. The summed E-state index contributed by atoms with van der Waals surface area (Å²) in [6.07, 6.45) is 0.727. The van der Waals surface area contributed by atoms with E-state index in [1.54, 1.807) is 6.07 Å². The van der Waals surface area contributed by atoms with Crippen molar-refractivity contribution in [3.63, 3.8) is 0 Å². The van der Waals surface area contributed by atoms with E-state index in [0.717, 1.165) is 29.7 Å². The zero-order chi connectivity index (χ0) is 13.6. The van der Waals surface area contributed by atoms with Crippen LogP contribution in [-0.4, -0.2) is 28.8 Å². The number of aromatic nitrogens is 1. The van der Waals surface area contributed by atoms with Crippen molar-refractivity contribution in [3.05, 3.63) is 35.8 Å². The second-order valence-corrected chi connectivity index (χ2v) is 5.59. The fraction of sp³-hybridized carbons (Fsp3) is 0.400. The first-order valence-electron chi connectivity index (χ1n) is 6.49. The highest BCUT2D eigenvalue weighted by molar-refractivity contribution is 5.92. The second kappa shape index (κ2) is 4.17. The van der Waals surface area contributed by atoms with Crippen LogP contribution in [0, 0.1) is 12.7 Å². The summed E-state index contributed by atoms with van der Waals surface area (Å²) in [5.74, 6) is -0.298. The van der Waals surface area contributed by atoms with Crippen molar-refractivity contribution < 1.29 is 9.50 Å². The van der Waals surface area contributed by atoms with Crippen LogP contribution in [0.25, 0.3) is 10.9 Å². The van der Waals surface area contributed by atoms with Crippen LogP contribution in [-0.2, 0) is 0 Å². The first-order chi connectivity index (χ1) is 8.96. The molecule has 1 N–H and O–H groups in total. The van der Waals surface area contributed by atoms with Crippen molar-refractivity contribution in [2.45, 2.75) is 25.9 Å². The molecule has 0 spiro atoms. The van der Waals surface area contributed by atoms with Crippen LogP contribution in [0.4, 0.5) is 10.1 Å². The Hall–Kier alpha value is -1.68. The molecule has 1 aliphatic rings. The maximum atomic E-state index is 13.9. The monoisotopic (exact) mass is 260 g/mol. The van der Waals surface area contributed by atoms with Crippen LogP contribution >= 0.6 is 0 Å². The van der Waals surface area contributed by atoms with Gasteiger partial charge in [0.15, 0.2) is 0 Å². The van der Waals surface area contributed by atoms with Crippen molar-refractivity contribution in [2.75, 3.05) is 18.0 Å².